The Balaban J connectivity index is 0.00000320. The fraction of sp³-hybridized carbons (Fsp3) is 0.565. The summed E-state index contributed by atoms with van der Waals surface area (Å²) >= 11 is 0. The molecule has 0 aliphatic carbocycles. The van der Waals surface area contributed by atoms with Crippen LogP contribution in [0.15, 0.2) is 35.3 Å². The summed E-state index contributed by atoms with van der Waals surface area (Å²) in [5, 5.41) is 11.6. The number of hydrogen-bond donors (Lipinski definition) is 2. The van der Waals surface area contributed by atoms with Gasteiger partial charge in [0, 0.05) is 51.5 Å². The van der Waals surface area contributed by atoms with E-state index in [0.717, 1.165) is 50.6 Å². The zero-order chi connectivity index (χ0) is 20.8. The average molecular weight is 524 g/mol. The average Bonchev–Trinajstić information content (AvgIpc) is 2.96. The van der Waals surface area contributed by atoms with Gasteiger partial charge in [0.1, 0.15) is 0 Å². The van der Waals surface area contributed by atoms with Crippen LogP contribution >= 0.6 is 24.0 Å². The molecule has 1 aliphatic rings. The number of aliphatic imine (C=N–C) groups is 1. The Labute approximate surface area is 198 Å². The minimum atomic E-state index is 0. The van der Waals surface area contributed by atoms with Gasteiger partial charge in [-0.05, 0) is 51.2 Å². The zero-order valence-corrected chi connectivity index (χ0v) is 21.3. The summed E-state index contributed by atoms with van der Waals surface area (Å²) < 4.78 is 1.96. The van der Waals surface area contributed by atoms with Gasteiger partial charge in [0.2, 0.25) is 0 Å². The van der Waals surface area contributed by atoms with E-state index in [1.165, 1.54) is 16.8 Å². The molecule has 1 aromatic heterocycles. The Morgan fingerprint density at radius 2 is 1.97 bits per heavy atom. The summed E-state index contributed by atoms with van der Waals surface area (Å²) in [6, 6.07) is 11.8. The fourth-order valence-corrected chi connectivity index (χ4v) is 4.28. The van der Waals surface area contributed by atoms with Gasteiger partial charge >= 0.3 is 0 Å². The van der Waals surface area contributed by atoms with Gasteiger partial charge in [0.05, 0.1) is 5.69 Å². The van der Waals surface area contributed by atoms with E-state index in [0.29, 0.717) is 12.1 Å². The van der Waals surface area contributed by atoms with Crippen molar-refractivity contribution in [2.75, 3.05) is 20.1 Å². The smallest absolute Gasteiger partial charge is 0.191 e. The number of hydrogen-bond acceptors (Lipinski definition) is 3. The lowest BCUT2D eigenvalue weighted by Crippen LogP contribution is -2.51. The number of rotatable bonds is 6. The molecule has 2 atom stereocenters. The van der Waals surface area contributed by atoms with Gasteiger partial charge in [-0.3, -0.25) is 14.6 Å². The number of aryl methyl sites for hydroxylation is 2. The summed E-state index contributed by atoms with van der Waals surface area (Å²) in [6.07, 6.45) is 3.23. The summed E-state index contributed by atoms with van der Waals surface area (Å²) in [6.45, 7) is 9.55. The number of piperidine rings is 1. The molecule has 30 heavy (non-hydrogen) atoms. The SMILES string of the molecule is CN=C(NCCc1c(C)nn(C)c1C)NC1CCN(Cc2ccccc2)C(C)C1.I. The lowest BCUT2D eigenvalue weighted by atomic mass is 9.97. The van der Waals surface area contributed by atoms with E-state index in [-0.39, 0.29) is 24.0 Å². The number of guanidine groups is 1. The maximum absolute atomic E-state index is 4.51. The minimum Gasteiger partial charge on any atom is -0.356 e. The second kappa shape index (κ2) is 11.7. The highest BCUT2D eigenvalue weighted by atomic mass is 127. The highest BCUT2D eigenvalue weighted by molar-refractivity contribution is 14.0. The van der Waals surface area contributed by atoms with Crippen LogP contribution in [0.1, 0.15) is 42.3 Å². The Morgan fingerprint density at radius 3 is 2.57 bits per heavy atom. The van der Waals surface area contributed by atoms with Crippen molar-refractivity contribution in [3.8, 4) is 0 Å². The quantitative estimate of drug-likeness (QED) is 0.346. The lowest BCUT2D eigenvalue weighted by molar-refractivity contribution is 0.134. The van der Waals surface area contributed by atoms with Gasteiger partial charge in [0.15, 0.2) is 5.96 Å². The largest absolute Gasteiger partial charge is 0.356 e. The number of likely N-dealkylation sites (tertiary alicyclic amines) is 1. The van der Waals surface area contributed by atoms with E-state index in [1.54, 1.807) is 0 Å². The fourth-order valence-electron chi connectivity index (χ4n) is 4.28. The predicted octanol–water partition coefficient (Wildman–Crippen LogP) is 3.42. The van der Waals surface area contributed by atoms with Gasteiger partial charge < -0.3 is 10.6 Å². The minimum absolute atomic E-state index is 0. The number of aromatic nitrogens is 2. The number of nitrogens with one attached hydrogen (secondary N) is 2. The van der Waals surface area contributed by atoms with E-state index in [9.17, 15) is 0 Å². The third-order valence-corrected chi connectivity index (χ3v) is 6.13. The molecule has 1 saturated heterocycles. The van der Waals surface area contributed by atoms with E-state index < -0.39 is 0 Å². The molecular formula is C23H37IN6. The molecule has 1 fully saturated rings. The van der Waals surface area contributed by atoms with E-state index in [2.05, 4.69) is 76.7 Å². The Morgan fingerprint density at radius 1 is 1.23 bits per heavy atom. The molecule has 2 heterocycles. The molecule has 2 unspecified atom stereocenters. The van der Waals surface area contributed by atoms with Crippen molar-refractivity contribution in [3.63, 3.8) is 0 Å². The van der Waals surface area contributed by atoms with Crippen LogP contribution in [0.2, 0.25) is 0 Å². The third-order valence-electron chi connectivity index (χ3n) is 6.13. The van der Waals surface area contributed by atoms with Crippen LogP contribution in [0.5, 0.6) is 0 Å². The van der Waals surface area contributed by atoms with Gasteiger partial charge in [-0.2, -0.15) is 5.10 Å². The first kappa shape index (κ1) is 24.7. The standard InChI is InChI=1S/C23H36N6.HI/c1-17-15-21(12-14-29(17)16-20-9-7-6-8-10-20)26-23(24-4)25-13-11-22-18(2)27-28(5)19(22)3;/h6-10,17,21H,11-16H2,1-5H3,(H2,24,25,26);1H. The van der Waals surface area contributed by atoms with Crippen LogP contribution in [-0.2, 0) is 20.0 Å². The first-order chi connectivity index (χ1) is 14.0. The Bertz CT molecular complexity index is 817. The van der Waals surface area contributed by atoms with Crippen molar-refractivity contribution in [1.82, 2.24) is 25.3 Å². The first-order valence-electron chi connectivity index (χ1n) is 10.7. The van der Waals surface area contributed by atoms with Crippen LogP contribution < -0.4 is 10.6 Å². The highest BCUT2D eigenvalue weighted by Gasteiger charge is 2.26. The number of nitrogens with zero attached hydrogens (tertiary/aromatic N) is 4. The molecule has 2 N–H and O–H groups in total. The van der Waals surface area contributed by atoms with E-state index in [4.69, 9.17) is 0 Å². The molecule has 0 radical (unpaired) electrons. The monoisotopic (exact) mass is 524 g/mol. The maximum Gasteiger partial charge on any atom is 0.191 e. The molecule has 6 nitrogen and oxygen atoms in total. The number of benzene rings is 1. The van der Waals surface area contributed by atoms with Gasteiger partial charge in [-0.25, -0.2) is 0 Å². The van der Waals surface area contributed by atoms with Crippen LogP contribution in [0.3, 0.4) is 0 Å². The molecular weight excluding hydrogens is 487 g/mol. The molecule has 0 spiro atoms. The molecule has 166 valence electrons. The second-order valence-electron chi connectivity index (χ2n) is 8.19. The van der Waals surface area contributed by atoms with E-state index in [1.807, 2.05) is 18.8 Å². The topological polar surface area (TPSA) is 57.5 Å². The summed E-state index contributed by atoms with van der Waals surface area (Å²) in [5.41, 5.74) is 5.09. The van der Waals surface area contributed by atoms with Crippen molar-refractivity contribution in [2.24, 2.45) is 12.0 Å². The van der Waals surface area contributed by atoms with Gasteiger partial charge in [0.25, 0.3) is 0 Å². The van der Waals surface area contributed by atoms with Crippen molar-refractivity contribution in [1.29, 1.82) is 0 Å². The molecule has 1 aliphatic heterocycles. The Hall–Kier alpha value is -1.61. The zero-order valence-electron chi connectivity index (χ0n) is 19.0. The second-order valence-corrected chi connectivity index (χ2v) is 8.19. The van der Waals surface area contributed by atoms with Gasteiger partial charge in [-0.1, -0.05) is 30.3 Å². The highest BCUT2D eigenvalue weighted by Crippen LogP contribution is 2.20. The van der Waals surface area contributed by atoms with Crippen molar-refractivity contribution >= 4 is 29.9 Å². The molecule has 3 rings (SSSR count). The van der Waals surface area contributed by atoms with Crippen LogP contribution in [0.25, 0.3) is 0 Å². The van der Waals surface area contributed by atoms with E-state index >= 15 is 0 Å². The summed E-state index contributed by atoms with van der Waals surface area (Å²) in [5.74, 6) is 0.901. The molecule has 0 bridgehead atoms. The normalized spacial score (nSPS) is 20.0. The van der Waals surface area contributed by atoms with Crippen LogP contribution in [0, 0.1) is 13.8 Å². The van der Waals surface area contributed by atoms with Crippen molar-refractivity contribution in [3.05, 3.63) is 52.8 Å². The first-order valence-corrected chi connectivity index (χ1v) is 10.7. The van der Waals surface area contributed by atoms with Crippen LogP contribution in [-0.4, -0.2) is 52.9 Å². The van der Waals surface area contributed by atoms with Crippen molar-refractivity contribution in [2.45, 2.75) is 58.7 Å². The summed E-state index contributed by atoms with van der Waals surface area (Å²) in [7, 11) is 3.86. The maximum atomic E-state index is 4.51. The third kappa shape index (κ3) is 6.44. The molecule has 2 aromatic rings. The molecule has 1 aromatic carbocycles. The lowest BCUT2D eigenvalue weighted by Gasteiger charge is -2.38. The van der Waals surface area contributed by atoms with Crippen LogP contribution in [0.4, 0.5) is 0 Å². The molecule has 0 amide bonds. The Kier molecular flexibility index (Phi) is 9.61. The van der Waals surface area contributed by atoms with Gasteiger partial charge in [-0.15, -0.1) is 24.0 Å². The number of halogens is 1. The molecule has 0 saturated carbocycles. The van der Waals surface area contributed by atoms with Crippen molar-refractivity contribution < 1.29 is 0 Å². The molecule has 7 heteroatoms. The predicted molar refractivity (Wildman–Crippen MR) is 136 cm³/mol. The summed E-state index contributed by atoms with van der Waals surface area (Å²) in [4.78, 5) is 7.02.